The molecule has 2 heterocycles. The summed E-state index contributed by atoms with van der Waals surface area (Å²) >= 11 is 1.49. The lowest BCUT2D eigenvalue weighted by atomic mass is 10.0. The van der Waals surface area contributed by atoms with Crippen molar-refractivity contribution in [2.24, 2.45) is 11.5 Å². The first kappa shape index (κ1) is 23.6. The van der Waals surface area contributed by atoms with E-state index in [1.54, 1.807) is 12.2 Å². The number of nitrogens with zero attached hydrogens (tertiary/aromatic N) is 1. The highest BCUT2D eigenvalue weighted by molar-refractivity contribution is 8.00. The van der Waals surface area contributed by atoms with Crippen LogP contribution in [0.4, 0.5) is 4.79 Å². The van der Waals surface area contributed by atoms with Crippen LogP contribution in [0.25, 0.3) is 0 Å². The molecular formula is C25H25N3O5S. The summed E-state index contributed by atoms with van der Waals surface area (Å²) in [7, 11) is 0. The molecule has 8 nitrogen and oxygen atoms in total. The van der Waals surface area contributed by atoms with Gasteiger partial charge in [0.05, 0.1) is 6.61 Å². The van der Waals surface area contributed by atoms with Crippen molar-refractivity contribution in [1.82, 2.24) is 4.90 Å². The molecule has 34 heavy (non-hydrogen) atoms. The van der Waals surface area contributed by atoms with Crippen LogP contribution < -0.4 is 11.5 Å². The molecule has 2 aliphatic heterocycles. The van der Waals surface area contributed by atoms with Crippen LogP contribution in [-0.2, 0) is 19.1 Å². The smallest absolute Gasteiger partial charge is 0.404 e. The van der Waals surface area contributed by atoms with Crippen molar-refractivity contribution in [3.8, 4) is 0 Å². The van der Waals surface area contributed by atoms with Crippen LogP contribution in [-0.4, -0.2) is 46.6 Å². The molecule has 2 aliphatic rings. The number of hydrogen-bond acceptors (Lipinski definition) is 7. The molecule has 2 atom stereocenters. The molecule has 1 saturated heterocycles. The topological polar surface area (TPSA) is 125 Å². The van der Waals surface area contributed by atoms with Gasteiger partial charge in [0.2, 0.25) is 5.91 Å². The number of benzene rings is 2. The van der Waals surface area contributed by atoms with Gasteiger partial charge in [-0.25, -0.2) is 9.59 Å². The molecule has 0 aliphatic carbocycles. The molecular weight excluding hydrogens is 454 g/mol. The Morgan fingerprint density at radius 3 is 2.29 bits per heavy atom. The molecule has 9 heteroatoms. The maximum absolute atomic E-state index is 13.5. The number of allylic oxidation sites excluding steroid dienone is 1. The van der Waals surface area contributed by atoms with Gasteiger partial charge in [-0.3, -0.25) is 9.69 Å². The predicted molar refractivity (Wildman–Crippen MR) is 128 cm³/mol. The van der Waals surface area contributed by atoms with Gasteiger partial charge in [-0.05, 0) is 23.1 Å². The number of rotatable bonds is 8. The molecule has 0 radical (unpaired) electrons. The van der Waals surface area contributed by atoms with Crippen molar-refractivity contribution in [1.29, 1.82) is 0 Å². The van der Waals surface area contributed by atoms with Crippen molar-refractivity contribution in [3.05, 3.63) is 95.2 Å². The minimum absolute atomic E-state index is 0.117. The second kappa shape index (κ2) is 10.6. The van der Waals surface area contributed by atoms with Gasteiger partial charge in [-0.2, -0.15) is 0 Å². The van der Waals surface area contributed by atoms with E-state index in [0.29, 0.717) is 17.7 Å². The van der Waals surface area contributed by atoms with Gasteiger partial charge >= 0.3 is 12.1 Å². The number of thioether (sulfide) groups is 1. The quantitative estimate of drug-likeness (QED) is 0.339. The van der Waals surface area contributed by atoms with Crippen molar-refractivity contribution >= 4 is 29.7 Å². The fourth-order valence-electron chi connectivity index (χ4n) is 3.86. The fraction of sp³-hybridized carbons (Fsp3) is 0.240. The number of amides is 2. The second-order valence-electron chi connectivity index (χ2n) is 7.77. The number of ether oxygens (including phenoxy) is 2. The normalized spacial score (nSPS) is 19.7. The Balaban J connectivity index is 1.63. The predicted octanol–water partition coefficient (Wildman–Crippen LogP) is 2.86. The van der Waals surface area contributed by atoms with Crippen LogP contribution in [0.15, 0.2) is 84.1 Å². The number of carbonyl (C=O) groups excluding carboxylic acids is 3. The molecule has 2 amide bonds. The van der Waals surface area contributed by atoms with E-state index in [1.807, 2.05) is 60.7 Å². The van der Waals surface area contributed by atoms with E-state index in [-0.39, 0.29) is 23.6 Å². The average molecular weight is 480 g/mol. The highest BCUT2D eigenvalue weighted by Crippen LogP contribution is 2.41. The van der Waals surface area contributed by atoms with Gasteiger partial charge in [0, 0.05) is 5.75 Å². The Bertz CT molecular complexity index is 1080. The molecule has 0 aromatic heterocycles. The van der Waals surface area contributed by atoms with Crippen LogP contribution in [0.3, 0.4) is 0 Å². The van der Waals surface area contributed by atoms with Crippen molar-refractivity contribution in [3.63, 3.8) is 0 Å². The van der Waals surface area contributed by atoms with E-state index in [1.165, 1.54) is 16.7 Å². The minimum atomic E-state index is -0.846. The Hall–Kier alpha value is -3.56. The first-order chi connectivity index (χ1) is 16.5. The third-order valence-corrected chi connectivity index (χ3v) is 6.83. The molecule has 1 fully saturated rings. The van der Waals surface area contributed by atoms with Gasteiger partial charge in [-0.1, -0.05) is 72.8 Å². The molecule has 2 aromatic carbocycles. The second-order valence-corrected chi connectivity index (χ2v) is 8.88. The maximum Gasteiger partial charge on any atom is 0.404 e. The SMILES string of the molecule is NC(=O)OCC/C=C/C1=C(C(=O)OC(c2ccccc2)c2ccccc2)N2C(=O)[C@@H](N)[C@H]2SC1. The van der Waals surface area contributed by atoms with E-state index in [9.17, 15) is 14.4 Å². The molecule has 4 rings (SSSR count). The van der Waals surface area contributed by atoms with E-state index < -0.39 is 24.2 Å². The number of primary amides is 1. The standard InChI is InChI=1S/C25H25N3O5S/c26-19-22(29)28-20(18(15-34-23(19)28)13-7-8-14-32-25(27)31)24(30)33-21(16-9-3-1-4-10-16)17-11-5-2-6-12-17/h1-7,9-13,19,21,23H,8,14-15,26H2,(H2,27,31)/b13-7+/t19-,23-/m1/s1. The van der Waals surface area contributed by atoms with E-state index in [2.05, 4.69) is 0 Å². The Morgan fingerprint density at radius 1 is 1.09 bits per heavy atom. The van der Waals surface area contributed by atoms with E-state index >= 15 is 0 Å². The lowest BCUT2D eigenvalue weighted by Crippen LogP contribution is -2.68. The number of nitrogens with two attached hydrogens (primary N) is 2. The lowest BCUT2D eigenvalue weighted by molar-refractivity contribution is -0.153. The molecule has 0 saturated carbocycles. The minimum Gasteiger partial charge on any atom is -0.449 e. The number of fused-ring (bicyclic) bond motifs is 1. The van der Waals surface area contributed by atoms with Crippen LogP contribution in [0, 0.1) is 0 Å². The number of esters is 1. The summed E-state index contributed by atoms with van der Waals surface area (Å²) in [5.74, 6) is -0.430. The van der Waals surface area contributed by atoms with Gasteiger partial charge < -0.3 is 20.9 Å². The maximum atomic E-state index is 13.5. The first-order valence-electron chi connectivity index (χ1n) is 10.8. The van der Waals surface area contributed by atoms with Crippen molar-refractivity contribution in [2.75, 3.05) is 12.4 Å². The molecule has 0 spiro atoms. The largest absolute Gasteiger partial charge is 0.449 e. The Labute approximate surface area is 201 Å². The highest BCUT2D eigenvalue weighted by atomic mass is 32.2. The van der Waals surface area contributed by atoms with Crippen LogP contribution >= 0.6 is 11.8 Å². The zero-order chi connectivity index (χ0) is 24.1. The van der Waals surface area contributed by atoms with Crippen molar-refractivity contribution in [2.45, 2.75) is 23.9 Å². The Morgan fingerprint density at radius 2 is 1.71 bits per heavy atom. The summed E-state index contributed by atoms with van der Waals surface area (Å²) in [5, 5.41) is -0.308. The third-order valence-electron chi connectivity index (χ3n) is 5.51. The van der Waals surface area contributed by atoms with E-state index in [4.69, 9.17) is 20.9 Å². The van der Waals surface area contributed by atoms with Gasteiger partial charge in [0.15, 0.2) is 6.10 Å². The summed E-state index contributed by atoms with van der Waals surface area (Å²) in [6.45, 7) is 0.117. The summed E-state index contributed by atoms with van der Waals surface area (Å²) < 4.78 is 10.8. The fourth-order valence-corrected chi connectivity index (χ4v) is 5.12. The monoisotopic (exact) mass is 479 g/mol. The third kappa shape index (κ3) is 5.00. The molecule has 176 valence electrons. The van der Waals surface area contributed by atoms with Gasteiger partial charge in [-0.15, -0.1) is 11.8 Å². The van der Waals surface area contributed by atoms with Crippen molar-refractivity contribution < 1.29 is 23.9 Å². The molecule has 2 aromatic rings. The number of hydrogen-bond donors (Lipinski definition) is 2. The summed E-state index contributed by atoms with van der Waals surface area (Å²) in [6, 6.07) is 18.2. The molecule has 0 unspecified atom stereocenters. The summed E-state index contributed by atoms with van der Waals surface area (Å²) in [4.78, 5) is 38.3. The summed E-state index contributed by atoms with van der Waals surface area (Å²) in [6.07, 6.45) is 2.44. The summed E-state index contributed by atoms with van der Waals surface area (Å²) in [5.41, 5.74) is 13.4. The van der Waals surface area contributed by atoms with Crippen LogP contribution in [0.5, 0.6) is 0 Å². The zero-order valence-corrected chi connectivity index (χ0v) is 19.1. The van der Waals surface area contributed by atoms with E-state index in [0.717, 1.165) is 11.1 Å². The van der Waals surface area contributed by atoms with Crippen LogP contribution in [0.2, 0.25) is 0 Å². The lowest BCUT2D eigenvalue weighted by Gasteiger charge is -2.48. The first-order valence-corrected chi connectivity index (χ1v) is 11.9. The molecule has 4 N–H and O–H groups in total. The zero-order valence-electron chi connectivity index (χ0n) is 18.3. The van der Waals surface area contributed by atoms with Gasteiger partial charge in [0.1, 0.15) is 17.1 Å². The highest BCUT2D eigenvalue weighted by Gasteiger charge is 2.52. The van der Waals surface area contributed by atoms with Crippen LogP contribution in [0.1, 0.15) is 23.7 Å². The van der Waals surface area contributed by atoms with Gasteiger partial charge in [0.25, 0.3) is 0 Å². The Kier molecular flexibility index (Phi) is 7.34. The average Bonchev–Trinajstić information content (AvgIpc) is 2.86. The number of β-lactam (4-membered cyclic amide) rings is 1. The molecule has 0 bridgehead atoms. The number of carbonyl (C=O) groups is 3.